The molecule has 0 radical (unpaired) electrons. The van der Waals surface area contributed by atoms with Crippen molar-refractivity contribution in [2.45, 2.75) is 27.2 Å². The van der Waals surface area contributed by atoms with E-state index in [0.29, 0.717) is 11.5 Å². The Kier molecular flexibility index (Phi) is 4.87. The first-order valence-corrected chi connectivity index (χ1v) is 7.06. The maximum Gasteiger partial charge on any atom is 0.276 e. The molecule has 5 heteroatoms. The first kappa shape index (κ1) is 15.0. The van der Waals surface area contributed by atoms with E-state index in [9.17, 15) is 4.79 Å². The summed E-state index contributed by atoms with van der Waals surface area (Å²) in [7, 11) is 0. The second-order valence-electron chi connectivity index (χ2n) is 4.98. The number of anilines is 2. The minimum Gasteiger partial charge on any atom is -0.369 e. The highest BCUT2D eigenvalue weighted by molar-refractivity contribution is 6.02. The van der Waals surface area contributed by atoms with E-state index in [1.165, 1.54) is 5.56 Å². The summed E-state index contributed by atoms with van der Waals surface area (Å²) in [4.78, 5) is 12.1. The number of nitrogens with zero attached hydrogens (tertiary/aromatic N) is 2. The molecule has 2 N–H and O–H groups in total. The molecule has 0 atom stereocenters. The maximum atomic E-state index is 12.1. The summed E-state index contributed by atoms with van der Waals surface area (Å²) in [5.74, 6) is 0.423. The number of hydrogen-bond acceptors (Lipinski definition) is 4. The third-order valence-electron chi connectivity index (χ3n) is 3.22. The van der Waals surface area contributed by atoms with Gasteiger partial charge in [-0.3, -0.25) is 4.79 Å². The smallest absolute Gasteiger partial charge is 0.276 e. The Bertz CT molecular complexity index is 623. The molecule has 0 saturated carbocycles. The van der Waals surface area contributed by atoms with E-state index in [-0.39, 0.29) is 5.91 Å². The summed E-state index contributed by atoms with van der Waals surface area (Å²) in [5.41, 5.74) is 3.39. The Morgan fingerprint density at radius 2 is 1.90 bits per heavy atom. The second-order valence-corrected chi connectivity index (χ2v) is 4.98. The number of aryl methyl sites for hydroxylation is 2. The van der Waals surface area contributed by atoms with Crippen molar-refractivity contribution < 1.29 is 4.79 Å². The monoisotopic (exact) mass is 284 g/mol. The Morgan fingerprint density at radius 3 is 2.52 bits per heavy atom. The van der Waals surface area contributed by atoms with Crippen molar-refractivity contribution in [2.75, 3.05) is 17.2 Å². The fourth-order valence-electron chi connectivity index (χ4n) is 1.82. The van der Waals surface area contributed by atoms with E-state index in [2.05, 4.69) is 27.8 Å². The van der Waals surface area contributed by atoms with Crippen LogP contribution in [0.4, 0.5) is 11.5 Å². The molecular formula is C16H20N4O. The van der Waals surface area contributed by atoms with Crippen LogP contribution in [0.2, 0.25) is 0 Å². The lowest BCUT2D eigenvalue weighted by atomic mass is 10.1. The minimum absolute atomic E-state index is 0.257. The number of carbonyl (C=O) groups is 1. The van der Waals surface area contributed by atoms with E-state index in [0.717, 1.165) is 24.2 Å². The van der Waals surface area contributed by atoms with Crippen molar-refractivity contribution in [3.05, 3.63) is 47.2 Å². The summed E-state index contributed by atoms with van der Waals surface area (Å²) in [5, 5.41) is 13.9. The quantitative estimate of drug-likeness (QED) is 0.885. The number of rotatable bonds is 5. The number of benzene rings is 1. The van der Waals surface area contributed by atoms with Gasteiger partial charge in [-0.1, -0.05) is 13.0 Å². The lowest BCUT2D eigenvalue weighted by Gasteiger charge is -2.07. The van der Waals surface area contributed by atoms with Gasteiger partial charge < -0.3 is 10.6 Å². The van der Waals surface area contributed by atoms with Crippen LogP contribution in [0.1, 0.15) is 35.0 Å². The van der Waals surface area contributed by atoms with E-state index < -0.39 is 0 Å². The van der Waals surface area contributed by atoms with Crippen LogP contribution in [0, 0.1) is 13.8 Å². The molecule has 1 amide bonds. The summed E-state index contributed by atoms with van der Waals surface area (Å²) >= 11 is 0. The van der Waals surface area contributed by atoms with Crippen molar-refractivity contribution in [1.29, 1.82) is 0 Å². The van der Waals surface area contributed by atoms with Gasteiger partial charge in [0.25, 0.3) is 5.91 Å². The highest BCUT2D eigenvalue weighted by atomic mass is 16.1. The van der Waals surface area contributed by atoms with E-state index in [1.807, 2.05) is 32.0 Å². The molecule has 0 aliphatic rings. The van der Waals surface area contributed by atoms with Crippen LogP contribution >= 0.6 is 0 Å². The largest absolute Gasteiger partial charge is 0.369 e. The van der Waals surface area contributed by atoms with Crippen LogP contribution in [-0.2, 0) is 0 Å². The predicted molar refractivity (Wildman–Crippen MR) is 84.7 cm³/mol. The van der Waals surface area contributed by atoms with Crippen LogP contribution in [-0.4, -0.2) is 22.6 Å². The van der Waals surface area contributed by atoms with E-state index >= 15 is 0 Å². The van der Waals surface area contributed by atoms with Crippen molar-refractivity contribution in [3.63, 3.8) is 0 Å². The van der Waals surface area contributed by atoms with Gasteiger partial charge in [-0.2, -0.15) is 0 Å². The number of nitrogens with one attached hydrogen (secondary N) is 2. The number of hydrogen-bond donors (Lipinski definition) is 2. The van der Waals surface area contributed by atoms with Gasteiger partial charge >= 0.3 is 0 Å². The van der Waals surface area contributed by atoms with Crippen LogP contribution in [0.15, 0.2) is 30.3 Å². The lowest BCUT2D eigenvalue weighted by molar-refractivity contribution is 0.102. The van der Waals surface area contributed by atoms with Gasteiger partial charge in [-0.25, -0.2) is 0 Å². The summed E-state index contributed by atoms with van der Waals surface area (Å²) in [6.45, 7) is 6.96. The Labute approximate surface area is 124 Å². The number of carbonyl (C=O) groups excluding carboxylic acids is 1. The Balaban J connectivity index is 2.04. The molecule has 0 unspecified atom stereocenters. The zero-order valence-electron chi connectivity index (χ0n) is 12.6. The van der Waals surface area contributed by atoms with Crippen LogP contribution < -0.4 is 10.6 Å². The zero-order valence-corrected chi connectivity index (χ0v) is 12.6. The first-order valence-electron chi connectivity index (χ1n) is 7.06. The van der Waals surface area contributed by atoms with Gasteiger partial charge in [-0.15, -0.1) is 10.2 Å². The average molecular weight is 284 g/mol. The molecular weight excluding hydrogens is 264 g/mol. The third kappa shape index (κ3) is 4.02. The van der Waals surface area contributed by atoms with E-state index in [1.54, 1.807) is 12.1 Å². The standard InChI is InChI=1S/C16H20N4O/c1-4-9-17-15-8-7-14(19-20-15)16(21)18-13-6-5-11(2)12(3)10-13/h5-8,10H,4,9H2,1-3H3,(H,17,20)(H,18,21). The van der Waals surface area contributed by atoms with Crippen LogP contribution in [0.25, 0.3) is 0 Å². The minimum atomic E-state index is -0.257. The SMILES string of the molecule is CCCNc1ccc(C(=O)Nc2ccc(C)c(C)c2)nn1. The van der Waals surface area contributed by atoms with Crippen LogP contribution in [0.3, 0.4) is 0 Å². The molecule has 21 heavy (non-hydrogen) atoms. The normalized spacial score (nSPS) is 10.2. The molecule has 0 aliphatic heterocycles. The molecule has 2 rings (SSSR count). The third-order valence-corrected chi connectivity index (χ3v) is 3.22. The molecule has 0 aliphatic carbocycles. The van der Waals surface area contributed by atoms with Crippen molar-refractivity contribution in [1.82, 2.24) is 10.2 Å². The molecule has 0 fully saturated rings. The van der Waals surface area contributed by atoms with Gasteiger partial charge in [0.2, 0.25) is 0 Å². The van der Waals surface area contributed by atoms with Crippen molar-refractivity contribution in [2.24, 2.45) is 0 Å². The lowest BCUT2D eigenvalue weighted by Crippen LogP contribution is -2.15. The molecule has 0 spiro atoms. The number of aromatic nitrogens is 2. The molecule has 2 aromatic rings. The van der Waals surface area contributed by atoms with Gasteiger partial charge in [0.05, 0.1) is 0 Å². The molecule has 110 valence electrons. The second kappa shape index (κ2) is 6.83. The van der Waals surface area contributed by atoms with Crippen LogP contribution in [0.5, 0.6) is 0 Å². The molecule has 0 saturated heterocycles. The summed E-state index contributed by atoms with van der Waals surface area (Å²) in [6.07, 6.45) is 1.01. The average Bonchev–Trinajstić information content (AvgIpc) is 2.49. The summed E-state index contributed by atoms with van der Waals surface area (Å²) < 4.78 is 0. The molecule has 5 nitrogen and oxygen atoms in total. The first-order chi connectivity index (χ1) is 10.1. The Hall–Kier alpha value is -2.43. The predicted octanol–water partition coefficient (Wildman–Crippen LogP) is 3.17. The molecule has 1 aromatic carbocycles. The van der Waals surface area contributed by atoms with Gasteiger partial charge in [0, 0.05) is 12.2 Å². The van der Waals surface area contributed by atoms with Crippen molar-refractivity contribution in [3.8, 4) is 0 Å². The van der Waals surface area contributed by atoms with Crippen molar-refractivity contribution >= 4 is 17.4 Å². The zero-order chi connectivity index (χ0) is 15.2. The summed E-state index contributed by atoms with van der Waals surface area (Å²) in [6, 6.07) is 9.23. The van der Waals surface area contributed by atoms with E-state index in [4.69, 9.17) is 0 Å². The fourth-order valence-corrected chi connectivity index (χ4v) is 1.82. The maximum absolute atomic E-state index is 12.1. The highest BCUT2D eigenvalue weighted by Gasteiger charge is 2.09. The van der Waals surface area contributed by atoms with Gasteiger partial charge in [0.15, 0.2) is 5.69 Å². The molecule has 1 heterocycles. The molecule has 0 bridgehead atoms. The van der Waals surface area contributed by atoms with Gasteiger partial charge in [0.1, 0.15) is 5.82 Å². The fraction of sp³-hybridized carbons (Fsp3) is 0.312. The molecule has 1 aromatic heterocycles. The Morgan fingerprint density at radius 1 is 1.10 bits per heavy atom. The number of amides is 1. The van der Waals surface area contributed by atoms with Gasteiger partial charge in [-0.05, 0) is 55.7 Å². The highest BCUT2D eigenvalue weighted by Crippen LogP contribution is 2.15. The topological polar surface area (TPSA) is 66.9 Å².